The van der Waals surface area contributed by atoms with Crippen molar-refractivity contribution in [2.24, 2.45) is 0 Å². The Hall–Kier alpha value is -3.32. The third-order valence-electron chi connectivity index (χ3n) is 4.08. The predicted octanol–water partition coefficient (Wildman–Crippen LogP) is 4.14. The number of benzene rings is 2. The summed E-state index contributed by atoms with van der Waals surface area (Å²) in [5, 5.41) is 5.52. The normalized spacial score (nSPS) is 10.3. The van der Waals surface area contributed by atoms with Gasteiger partial charge < -0.3 is 15.4 Å². The molecule has 7 heteroatoms. The third kappa shape index (κ3) is 6.63. The molecule has 1 heterocycles. The molecule has 2 N–H and O–H groups in total. The minimum Gasteiger partial charge on any atom is -0.484 e. The van der Waals surface area contributed by atoms with Crippen LogP contribution >= 0.6 is 11.8 Å². The minimum atomic E-state index is -0.209. The van der Waals surface area contributed by atoms with E-state index in [-0.39, 0.29) is 18.4 Å². The molecule has 6 nitrogen and oxygen atoms in total. The van der Waals surface area contributed by atoms with Crippen LogP contribution in [0.1, 0.15) is 22.8 Å². The van der Waals surface area contributed by atoms with Crippen molar-refractivity contribution in [2.45, 2.75) is 17.6 Å². The highest BCUT2D eigenvalue weighted by Crippen LogP contribution is 2.23. The monoisotopic (exact) mass is 421 g/mol. The Labute approximate surface area is 180 Å². The Morgan fingerprint density at radius 3 is 2.63 bits per heavy atom. The van der Waals surface area contributed by atoms with E-state index in [1.54, 1.807) is 54.4 Å². The second kappa shape index (κ2) is 11.0. The zero-order chi connectivity index (χ0) is 21.2. The number of rotatable bonds is 9. The summed E-state index contributed by atoms with van der Waals surface area (Å²) in [6.07, 6.45) is 3.61. The van der Waals surface area contributed by atoms with Crippen LogP contribution in [0.3, 0.4) is 0 Å². The van der Waals surface area contributed by atoms with Gasteiger partial charge in [-0.05, 0) is 55.0 Å². The Morgan fingerprint density at radius 2 is 1.90 bits per heavy atom. The summed E-state index contributed by atoms with van der Waals surface area (Å²) in [6, 6.07) is 18.4. The summed E-state index contributed by atoms with van der Waals surface area (Å²) in [7, 11) is 0. The molecule has 0 aliphatic rings. The second-order valence-corrected chi connectivity index (χ2v) is 7.45. The summed E-state index contributed by atoms with van der Waals surface area (Å²) in [4.78, 5) is 29.2. The second-order valence-electron chi connectivity index (χ2n) is 6.40. The molecule has 0 unspecified atom stereocenters. The van der Waals surface area contributed by atoms with E-state index in [0.717, 1.165) is 16.2 Å². The maximum Gasteiger partial charge on any atom is 0.257 e. The fraction of sp³-hybridized carbons (Fsp3) is 0.174. The molecule has 2 aromatic carbocycles. The molecule has 0 saturated heterocycles. The van der Waals surface area contributed by atoms with Crippen LogP contribution in [0.5, 0.6) is 5.75 Å². The maximum atomic E-state index is 12.5. The predicted molar refractivity (Wildman–Crippen MR) is 119 cm³/mol. The molecule has 0 spiro atoms. The lowest BCUT2D eigenvalue weighted by Gasteiger charge is -2.09. The molecule has 3 aromatic rings. The van der Waals surface area contributed by atoms with Crippen LogP contribution in [0, 0.1) is 0 Å². The fourth-order valence-corrected chi connectivity index (χ4v) is 3.45. The molecule has 0 saturated carbocycles. The van der Waals surface area contributed by atoms with Crippen molar-refractivity contribution in [1.29, 1.82) is 0 Å². The van der Waals surface area contributed by atoms with Gasteiger partial charge in [0.1, 0.15) is 5.75 Å². The Bertz CT molecular complexity index is 978. The van der Waals surface area contributed by atoms with Crippen LogP contribution in [0.15, 0.2) is 78.0 Å². The van der Waals surface area contributed by atoms with Gasteiger partial charge in [-0.15, -0.1) is 11.8 Å². The number of thioether (sulfide) groups is 1. The number of hydrogen-bond acceptors (Lipinski definition) is 5. The zero-order valence-electron chi connectivity index (χ0n) is 16.6. The van der Waals surface area contributed by atoms with Crippen molar-refractivity contribution in [3.8, 4) is 5.75 Å². The lowest BCUT2D eigenvalue weighted by molar-refractivity contribution is -0.122. The van der Waals surface area contributed by atoms with Gasteiger partial charge in [-0.2, -0.15) is 0 Å². The summed E-state index contributed by atoms with van der Waals surface area (Å²) in [6.45, 7) is 2.34. The molecule has 0 aliphatic heterocycles. The number of nitrogens with one attached hydrogen (secondary N) is 2. The van der Waals surface area contributed by atoms with E-state index in [4.69, 9.17) is 4.74 Å². The SMILES string of the molecule is CCNC(=O)COc1cccc(NC(=O)c2ccc(SCc3cccnc3)cc2)c1. The van der Waals surface area contributed by atoms with E-state index < -0.39 is 0 Å². The van der Waals surface area contributed by atoms with E-state index in [1.165, 1.54) is 0 Å². The van der Waals surface area contributed by atoms with Gasteiger partial charge in [0, 0.05) is 46.9 Å². The van der Waals surface area contributed by atoms with Gasteiger partial charge in [-0.3, -0.25) is 14.6 Å². The topological polar surface area (TPSA) is 80.3 Å². The van der Waals surface area contributed by atoms with Gasteiger partial charge in [0.15, 0.2) is 6.61 Å². The number of anilines is 1. The number of likely N-dealkylation sites (N-methyl/N-ethyl adjacent to an activating group) is 1. The van der Waals surface area contributed by atoms with Crippen molar-refractivity contribution in [1.82, 2.24) is 10.3 Å². The standard InChI is InChI=1S/C23H23N3O3S/c1-2-25-22(27)15-29-20-7-3-6-19(13-20)26-23(28)18-8-10-21(11-9-18)30-16-17-5-4-12-24-14-17/h3-14H,2,15-16H2,1H3,(H,25,27)(H,26,28). The Balaban J connectivity index is 1.54. The molecule has 2 amide bonds. The first-order valence-electron chi connectivity index (χ1n) is 9.56. The molecule has 0 bridgehead atoms. The number of aromatic nitrogens is 1. The molecule has 0 radical (unpaired) electrons. The number of pyridine rings is 1. The van der Waals surface area contributed by atoms with Gasteiger partial charge >= 0.3 is 0 Å². The summed E-state index contributed by atoms with van der Waals surface area (Å²) in [5.74, 6) is 0.942. The van der Waals surface area contributed by atoms with Crippen molar-refractivity contribution < 1.29 is 14.3 Å². The van der Waals surface area contributed by atoms with Crippen LogP contribution in [0.2, 0.25) is 0 Å². The van der Waals surface area contributed by atoms with E-state index >= 15 is 0 Å². The van der Waals surface area contributed by atoms with Crippen LogP contribution in [-0.2, 0) is 10.5 Å². The molecule has 1 aromatic heterocycles. The van der Waals surface area contributed by atoms with E-state index in [0.29, 0.717) is 23.5 Å². The van der Waals surface area contributed by atoms with Crippen molar-refractivity contribution in [2.75, 3.05) is 18.5 Å². The third-order valence-corrected chi connectivity index (χ3v) is 5.16. The van der Waals surface area contributed by atoms with E-state index in [1.807, 2.05) is 37.4 Å². The van der Waals surface area contributed by atoms with Crippen molar-refractivity contribution in [3.63, 3.8) is 0 Å². The van der Waals surface area contributed by atoms with Crippen molar-refractivity contribution in [3.05, 3.63) is 84.2 Å². The number of nitrogens with zero attached hydrogens (tertiary/aromatic N) is 1. The molecule has 30 heavy (non-hydrogen) atoms. The maximum absolute atomic E-state index is 12.5. The average molecular weight is 422 g/mol. The van der Waals surface area contributed by atoms with Crippen LogP contribution in [-0.4, -0.2) is 29.9 Å². The quantitative estimate of drug-likeness (QED) is 0.508. The van der Waals surface area contributed by atoms with E-state index in [2.05, 4.69) is 15.6 Å². The zero-order valence-corrected chi connectivity index (χ0v) is 17.4. The molecular weight excluding hydrogens is 398 g/mol. The van der Waals surface area contributed by atoms with Gasteiger partial charge in [0.05, 0.1) is 0 Å². The summed E-state index contributed by atoms with van der Waals surface area (Å²) >= 11 is 1.69. The van der Waals surface area contributed by atoms with Gasteiger partial charge in [0.2, 0.25) is 0 Å². The highest BCUT2D eigenvalue weighted by Gasteiger charge is 2.08. The first-order valence-corrected chi connectivity index (χ1v) is 10.6. The lowest BCUT2D eigenvalue weighted by atomic mass is 10.2. The summed E-state index contributed by atoms with van der Waals surface area (Å²) < 4.78 is 5.46. The highest BCUT2D eigenvalue weighted by molar-refractivity contribution is 7.98. The van der Waals surface area contributed by atoms with Gasteiger partial charge in [-0.25, -0.2) is 0 Å². The number of ether oxygens (including phenoxy) is 1. The first-order chi connectivity index (χ1) is 14.6. The van der Waals surface area contributed by atoms with Crippen LogP contribution in [0.25, 0.3) is 0 Å². The Kier molecular flexibility index (Phi) is 7.86. The van der Waals surface area contributed by atoms with Crippen LogP contribution in [0.4, 0.5) is 5.69 Å². The first kappa shape index (κ1) is 21.4. The molecule has 154 valence electrons. The van der Waals surface area contributed by atoms with Crippen LogP contribution < -0.4 is 15.4 Å². The Morgan fingerprint density at radius 1 is 1.07 bits per heavy atom. The average Bonchev–Trinajstić information content (AvgIpc) is 2.78. The number of carbonyl (C=O) groups excluding carboxylic acids is 2. The molecule has 0 fully saturated rings. The van der Waals surface area contributed by atoms with Gasteiger partial charge in [-0.1, -0.05) is 12.1 Å². The fourth-order valence-electron chi connectivity index (χ4n) is 2.62. The molecule has 0 atom stereocenters. The van der Waals surface area contributed by atoms with Gasteiger partial charge in [0.25, 0.3) is 11.8 Å². The molecule has 0 aliphatic carbocycles. The minimum absolute atomic E-state index is 0.0661. The number of amides is 2. The number of carbonyl (C=O) groups is 2. The van der Waals surface area contributed by atoms with E-state index in [9.17, 15) is 9.59 Å². The molecular formula is C23H23N3O3S. The number of hydrogen-bond donors (Lipinski definition) is 2. The highest BCUT2D eigenvalue weighted by atomic mass is 32.2. The lowest BCUT2D eigenvalue weighted by Crippen LogP contribution is -2.28. The smallest absolute Gasteiger partial charge is 0.257 e. The van der Waals surface area contributed by atoms with Crippen molar-refractivity contribution >= 4 is 29.3 Å². The molecule has 3 rings (SSSR count). The summed E-state index contributed by atoms with van der Waals surface area (Å²) in [5.41, 5.74) is 2.32. The largest absolute Gasteiger partial charge is 0.484 e.